The molecule has 1 unspecified atom stereocenters. The van der Waals surface area contributed by atoms with E-state index < -0.39 is 5.92 Å². The summed E-state index contributed by atoms with van der Waals surface area (Å²) in [6, 6.07) is 13.7. The Kier molecular flexibility index (Phi) is 6.08. The lowest BCUT2D eigenvalue weighted by molar-refractivity contribution is -0.116. The molecule has 1 aliphatic heterocycles. The molecule has 0 saturated carbocycles. The van der Waals surface area contributed by atoms with Gasteiger partial charge in [0.2, 0.25) is 5.91 Å². The molecule has 8 heteroatoms. The lowest BCUT2D eigenvalue weighted by atomic mass is 9.86. The average molecular weight is 440 g/mol. The second kappa shape index (κ2) is 8.93. The largest absolute Gasteiger partial charge is 0.494 e. The summed E-state index contributed by atoms with van der Waals surface area (Å²) in [6.07, 6.45) is 0.149. The van der Waals surface area contributed by atoms with Crippen LogP contribution in [-0.4, -0.2) is 22.1 Å². The van der Waals surface area contributed by atoms with E-state index in [4.69, 9.17) is 4.74 Å². The van der Waals surface area contributed by atoms with E-state index in [0.29, 0.717) is 34.6 Å². The minimum atomic E-state index is -0.436. The Hall–Kier alpha value is -3.13. The molecule has 1 aromatic heterocycles. The lowest BCUT2D eigenvalue weighted by Gasteiger charge is -2.28. The predicted octanol–water partition coefficient (Wildman–Crippen LogP) is 4.08. The third-order valence-corrected chi connectivity index (χ3v) is 6.28. The Bertz CT molecular complexity index is 1180. The van der Waals surface area contributed by atoms with Crippen molar-refractivity contribution in [2.24, 2.45) is 7.05 Å². The number of thioether (sulfide) groups is 1. The minimum Gasteiger partial charge on any atom is -0.494 e. The SMILES string of the molecule is CCOc1ccccc1C1CC(=O)Nc2c1c(=O)nc(SCc1ccc(F)cc1)n2C. The molecule has 1 atom stereocenters. The zero-order valence-corrected chi connectivity index (χ0v) is 18.0. The number of hydrogen-bond donors (Lipinski definition) is 1. The van der Waals surface area contributed by atoms with Crippen LogP contribution in [0.15, 0.2) is 58.5 Å². The van der Waals surface area contributed by atoms with E-state index in [1.54, 1.807) is 23.7 Å². The van der Waals surface area contributed by atoms with Gasteiger partial charge in [-0.15, -0.1) is 0 Å². The Morgan fingerprint density at radius 2 is 1.94 bits per heavy atom. The number of nitrogens with zero attached hydrogens (tertiary/aromatic N) is 2. The second-order valence-electron chi connectivity index (χ2n) is 7.21. The van der Waals surface area contributed by atoms with Crippen LogP contribution in [0.3, 0.4) is 0 Å². The van der Waals surface area contributed by atoms with Crippen molar-refractivity contribution in [3.63, 3.8) is 0 Å². The highest BCUT2D eigenvalue weighted by molar-refractivity contribution is 7.98. The molecule has 0 radical (unpaired) electrons. The Morgan fingerprint density at radius 3 is 2.68 bits per heavy atom. The minimum absolute atomic E-state index is 0.149. The second-order valence-corrected chi connectivity index (χ2v) is 8.15. The van der Waals surface area contributed by atoms with Crippen LogP contribution in [0.1, 0.15) is 36.0 Å². The molecule has 1 amide bonds. The highest BCUT2D eigenvalue weighted by atomic mass is 32.2. The quantitative estimate of drug-likeness (QED) is 0.463. The molecule has 1 aliphatic rings. The molecule has 0 spiro atoms. The number of fused-ring (bicyclic) bond motifs is 1. The Balaban J connectivity index is 1.72. The molecule has 0 fully saturated rings. The van der Waals surface area contributed by atoms with Crippen molar-refractivity contribution in [3.05, 3.63) is 81.4 Å². The molecule has 0 aliphatic carbocycles. The third kappa shape index (κ3) is 4.34. The van der Waals surface area contributed by atoms with E-state index >= 15 is 0 Å². The zero-order valence-electron chi connectivity index (χ0n) is 17.2. The van der Waals surface area contributed by atoms with E-state index in [0.717, 1.165) is 11.1 Å². The van der Waals surface area contributed by atoms with Gasteiger partial charge in [0.25, 0.3) is 5.56 Å². The number of carbonyl (C=O) groups is 1. The molecule has 0 saturated heterocycles. The van der Waals surface area contributed by atoms with Crippen molar-refractivity contribution in [3.8, 4) is 5.75 Å². The smallest absolute Gasteiger partial charge is 0.279 e. The molecule has 4 rings (SSSR count). The summed E-state index contributed by atoms with van der Waals surface area (Å²) in [6.45, 7) is 2.38. The molecular formula is C23H22FN3O3S. The highest BCUT2D eigenvalue weighted by Crippen LogP contribution is 2.39. The average Bonchev–Trinajstić information content (AvgIpc) is 2.76. The van der Waals surface area contributed by atoms with Gasteiger partial charge >= 0.3 is 0 Å². The summed E-state index contributed by atoms with van der Waals surface area (Å²) >= 11 is 1.36. The van der Waals surface area contributed by atoms with Gasteiger partial charge in [-0.2, -0.15) is 4.98 Å². The number of hydrogen-bond acceptors (Lipinski definition) is 5. The van der Waals surface area contributed by atoms with Crippen LogP contribution < -0.4 is 15.6 Å². The van der Waals surface area contributed by atoms with Crippen molar-refractivity contribution in [2.45, 2.75) is 30.2 Å². The molecule has 1 N–H and O–H groups in total. The number of para-hydroxylation sites is 1. The van der Waals surface area contributed by atoms with E-state index in [1.807, 2.05) is 31.2 Å². The first-order valence-electron chi connectivity index (χ1n) is 9.97. The van der Waals surface area contributed by atoms with Gasteiger partial charge in [0.1, 0.15) is 17.4 Å². The predicted molar refractivity (Wildman–Crippen MR) is 118 cm³/mol. The normalized spacial score (nSPS) is 15.3. The number of anilines is 1. The molecule has 2 aromatic carbocycles. The summed E-state index contributed by atoms with van der Waals surface area (Å²) < 4.78 is 20.6. The van der Waals surface area contributed by atoms with Crippen LogP contribution in [0.5, 0.6) is 5.75 Å². The van der Waals surface area contributed by atoms with Crippen molar-refractivity contribution in [1.82, 2.24) is 9.55 Å². The van der Waals surface area contributed by atoms with Crippen LogP contribution >= 0.6 is 11.8 Å². The maximum atomic E-state index is 13.1. The van der Waals surface area contributed by atoms with Crippen LogP contribution in [-0.2, 0) is 17.6 Å². The molecule has 160 valence electrons. The summed E-state index contributed by atoms with van der Waals surface area (Å²) in [7, 11) is 1.77. The number of amides is 1. The molecule has 6 nitrogen and oxygen atoms in total. The number of carbonyl (C=O) groups excluding carboxylic acids is 1. The van der Waals surface area contributed by atoms with Gasteiger partial charge in [-0.1, -0.05) is 42.1 Å². The maximum absolute atomic E-state index is 13.1. The fourth-order valence-electron chi connectivity index (χ4n) is 3.71. The Labute approximate surface area is 183 Å². The summed E-state index contributed by atoms with van der Waals surface area (Å²) in [5, 5.41) is 3.33. The van der Waals surface area contributed by atoms with Gasteiger partial charge in [-0.25, -0.2) is 4.39 Å². The first-order valence-corrected chi connectivity index (χ1v) is 11.0. The van der Waals surface area contributed by atoms with Gasteiger partial charge in [0, 0.05) is 30.7 Å². The van der Waals surface area contributed by atoms with Crippen LogP contribution in [0.2, 0.25) is 0 Å². The lowest BCUT2D eigenvalue weighted by Crippen LogP contribution is -2.33. The van der Waals surface area contributed by atoms with Crippen molar-refractivity contribution >= 4 is 23.5 Å². The summed E-state index contributed by atoms with van der Waals surface area (Å²) in [5.74, 6) is 0.730. The van der Waals surface area contributed by atoms with Gasteiger partial charge in [-0.3, -0.25) is 9.59 Å². The fraction of sp³-hybridized carbons (Fsp3) is 0.261. The maximum Gasteiger partial charge on any atom is 0.279 e. The molecule has 2 heterocycles. The first kappa shape index (κ1) is 21.1. The number of benzene rings is 2. The van der Waals surface area contributed by atoms with E-state index in [-0.39, 0.29) is 23.7 Å². The molecule has 31 heavy (non-hydrogen) atoms. The van der Waals surface area contributed by atoms with Gasteiger partial charge in [-0.05, 0) is 30.7 Å². The zero-order chi connectivity index (χ0) is 22.0. The van der Waals surface area contributed by atoms with Crippen LogP contribution in [0, 0.1) is 5.82 Å². The van der Waals surface area contributed by atoms with Crippen molar-refractivity contribution < 1.29 is 13.9 Å². The Morgan fingerprint density at radius 1 is 1.19 bits per heavy atom. The number of aromatic nitrogens is 2. The highest BCUT2D eigenvalue weighted by Gasteiger charge is 2.33. The number of rotatable bonds is 6. The molecular weight excluding hydrogens is 417 g/mol. The van der Waals surface area contributed by atoms with Crippen molar-refractivity contribution in [1.29, 1.82) is 0 Å². The standard InChI is InChI=1S/C23H22FN3O3S/c1-3-30-18-7-5-4-6-16(18)17-12-19(28)25-21-20(17)22(29)26-23(27(21)2)31-13-14-8-10-15(24)11-9-14/h4-11,17H,3,12-13H2,1-2H3,(H,25,28). The fourth-order valence-corrected chi connectivity index (χ4v) is 4.63. The first-order chi connectivity index (χ1) is 15.0. The molecule has 0 bridgehead atoms. The van der Waals surface area contributed by atoms with Crippen molar-refractivity contribution in [2.75, 3.05) is 11.9 Å². The number of nitrogens with one attached hydrogen (secondary N) is 1. The summed E-state index contributed by atoms with van der Waals surface area (Å²) in [4.78, 5) is 29.9. The van der Waals surface area contributed by atoms with E-state index in [9.17, 15) is 14.0 Å². The molecule has 3 aromatic rings. The monoisotopic (exact) mass is 439 g/mol. The van der Waals surface area contributed by atoms with Gasteiger partial charge in [0.05, 0.1) is 12.2 Å². The van der Waals surface area contributed by atoms with E-state index in [1.165, 1.54) is 23.9 Å². The van der Waals surface area contributed by atoms with Crippen LogP contribution in [0.4, 0.5) is 10.2 Å². The van der Waals surface area contributed by atoms with E-state index in [2.05, 4.69) is 10.3 Å². The third-order valence-electron chi connectivity index (χ3n) is 5.18. The van der Waals surface area contributed by atoms with Gasteiger partial charge in [0.15, 0.2) is 5.16 Å². The summed E-state index contributed by atoms with van der Waals surface area (Å²) in [5.41, 5.74) is 1.79. The number of ether oxygens (including phenoxy) is 1. The van der Waals surface area contributed by atoms with Gasteiger partial charge < -0.3 is 14.6 Å². The topological polar surface area (TPSA) is 73.2 Å². The number of halogens is 1. The van der Waals surface area contributed by atoms with Crippen LogP contribution in [0.25, 0.3) is 0 Å².